The highest BCUT2D eigenvalue weighted by atomic mass is 16.7. The normalized spacial score (nSPS) is 18.5. The SMILES string of the molecule is CC(=COCC(OC1=CCCC1)OC1=CCCC1)C(=O)O. The van der Waals surface area contributed by atoms with Crippen LogP contribution in [0.2, 0.25) is 0 Å². The molecule has 116 valence electrons. The van der Waals surface area contributed by atoms with Crippen molar-refractivity contribution in [3.8, 4) is 0 Å². The molecule has 0 aliphatic heterocycles. The van der Waals surface area contributed by atoms with Crippen LogP contribution in [0.25, 0.3) is 0 Å². The number of carboxylic acid groups (broad SMARTS) is 1. The molecule has 0 radical (unpaired) electrons. The van der Waals surface area contributed by atoms with Crippen LogP contribution in [0, 0.1) is 0 Å². The number of hydrogen-bond acceptors (Lipinski definition) is 4. The van der Waals surface area contributed by atoms with E-state index in [9.17, 15) is 4.79 Å². The van der Waals surface area contributed by atoms with Crippen molar-refractivity contribution >= 4 is 5.97 Å². The van der Waals surface area contributed by atoms with Crippen molar-refractivity contribution in [2.45, 2.75) is 51.7 Å². The molecule has 0 fully saturated rings. The summed E-state index contributed by atoms with van der Waals surface area (Å²) in [5.74, 6) is 0.868. The first kappa shape index (κ1) is 15.5. The maximum absolute atomic E-state index is 10.7. The van der Waals surface area contributed by atoms with Gasteiger partial charge in [0.15, 0.2) is 6.61 Å². The third-order valence-corrected chi connectivity index (χ3v) is 3.39. The molecule has 0 atom stereocenters. The first-order valence-electron chi connectivity index (χ1n) is 7.38. The summed E-state index contributed by atoms with van der Waals surface area (Å²) < 4.78 is 16.9. The molecule has 5 heteroatoms. The minimum atomic E-state index is -0.995. The minimum Gasteiger partial charge on any atom is -0.493 e. The molecule has 0 aromatic rings. The van der Waals surface area contributed by atoms with E-state index in [0.29, 0.717) is 0 Å². The molecule has 21 heavy (non-hydrogen) atoms. The van der Waals surface area contributed by atoms with Crippen molar-refractivity contribution in [1.29, 1.82) is 0 Å². The summed E-state index contributed by atoms with van der Waals surface area (Å²) in [4.78, 5) is 10.7. The fraction of sp³-hybridized carbons (Fsp3) is 0.562. The van der Waals surface area contributed by atoms with Crippen LogP contribution in [0.15, 0.2) is 35.5 Å². The van der Waals surface area contributed by atoms with E-state index in [1.807, 2.05) is 0 Å². The van der Waals surface area contributed by atoms with Gasteiger partial charge in [-0.1, -0.05) is 0 Å². The zero-order chi connectivity index (χ0) is 15.1. The average molecular weight is 294 g/mol. The van der Waals surface area contributed by atoms with Gasteiger partial charge in [0.1, 0.15) is 0 Å². The Morgan fingerprint density at radius 3 is 2.24 bits per heavy atom. The lowest BCUT2D eigenvalue weighted by atomic mass is 10.3. The van der Waals surface area contributed by atoms with Crippen molar-refractivity contribution in [3.63, 3.8) is 0 Å². The molecule has 2 aliphatic carbocycles. The predicted molar refractivity (Wildman–Crippen MR) is 77.2 cm³/mol. The standard InChI is InChI=1S/C16H22O5/c1-12(16(17)18)10-19-11-15(20-13-6-2-3-7-13)21-14-8-4-5-9-14/h6,8,10,15H,2-5,7,9,11H2,1H3,(H,17,18). The molecule has 0 saturated carbocycles. The zero-order valence-electron chi connectivity index (χ0n) is 12.3. The quantitative estimate of drug-likeness (QED) is 0.422. The van der Waals surface area contributed by atoms with Gasteiger partial charge in [0.2, 0.25) is 0 Å². The van der Waals surface area contributed by atoms with Gasteiger partial charge in [0, 0.05) is 12.8 Å². The Morgan fingerprint density at radius 2 is 1.81 bits per heavy atom. The van der Waals surface area contributed by atoms with Crippen LogP contribution in [0.3, 0.4) is 0 Å². The minimum absolute atomic E-state index is 0.147. The maximum atomic E-state index is 10.7. The van der Waals surface area contributed by atoms with Crippen molar-refractivity contribution < 1.29 is 24.1 Å². The summed E-state index contributed by atoms with van der Waals surface area (Å²) in [6.45, 7) is 1.65. The van der Waals surface area contributed by atoms with Crippen LogP contribution >= 0.6 is 0 Å². The Hall–Kier alpha value is -1.91. The molecule has 0 heterocycles. The first-order valence-corrected chi connectivity index (χ1v) is 7.38. The van der Waals surface area contributed by atoms with Crippen molar-refractivity contribution in [2.24, 2.45) is 0 Å². The molecule has 0 aromatic heterocycles. The lowest BCUT2D eigenvalue weighted by Crippen LogP contribution is -2.22. The number of carbonyl (C=O) groups is 1. The van der Waals surface area contributed by atoms with Crippen LogP contribution in [-0.4, -0.2) is 24.0 Å². The van der Waals surface area contributed by atoms with E-state index in [1.54, 1.807) is 0 Å². The van der Waals surface area contributed by atoms with Crippen LogP contribution in [-0.2, 0) is 19.0 Å². The number of carboxylic acids is 1. The van der Waals surface area contributed by atoms with Crippen LogP contribution in [0.5, 0.6) is 0 Å². The van der Waals surface area contributed by atoms with E-state index in [-0.39, 0.29) is 12.2 Å². The second-order valence-corrected chi connectivity index (χ2v) is 5.23. The van der Waals surface area contributed by atoms with Crippen LogP contribution in [0.1, 0.15) is 45.4 Å². The molecule has 2 aliphatic rings. The smallest absolute Gasteiger partial charge is 0.334 e. The molecule has 0 aromatic carbocycles. The summed E-state index contributed by atoms with van der Waals surface area (Å²) in [5.41, 5.74) is 0.147. The summed E-state index contributed by atoms with van der Waals surface area (Å²) in [6.07, 6.45) is 10.9. The van der Waals surface area contributed by atoms with Gasteiger partial charge in [-0.05, 0) is 44.8 Å². The van der Waals surface area contributed by atoms with Crippen molar-refractivity contribution in [1.82, 2.24) is 0 Å². The lowest BCUT2D eigenvalue weighted by molar-refractivity contribution is -0.133. The average Bonchev–Trinajstić information content (AvgIpc) is 3.11. The van der Waals surface area contributed by atoms with Crippen LogP contribution < -0.4 is 0 Å². The van der Waals surface area contributed by atoms with Gasteiger partial charge in [0.25, 0.3) is 6.29 Å². The summed E-state index contributed by atoms with van der Waals surface area (Å²) in [5, 5.41) is 8.78. The Bertz CT molecular complexity index is 435. The molecule has 2 rings (SSSR count). The molecule has 0 unspecified atom stereocenters. The lowest BCUT2D eigenvalue weighted by Gasteiger charge is -2.21. The molecular weight excluding hydrogens is 272 g/mol. The van der Waals surface area contributed by atoms with Gasteiger partial charge in [0.05, 0.1) is 23.4 Å². The number of hydrogen-bond donors (Lipinski definition) is 1. The second-order valence-electron chi connectivity index (χ2n) is 5.23. The van der Waals surface area contributed by atoms with E-state index < -0.39 is 12.3 Å². The Labute approximate surface area is 124 Å². The Morgan fingerprint density at radius 1 is 1.24 bits per heavy atom. The highest BCUT2D eigenvalue weighted by Crippen LogP contribution is 2.24. The number of allylic oxidation sites excluding steroid dienone is 4. The van der Waals surface area contributed by atoms with E-state index >= 15 is 0 Å². The van der Waals surface area contributed by atoms with E-state index in [0.717, 1.165) is 50.0 Å². The fourth-order valence-corrected chi connectivity index (χ4v) is 2.23. The summed E-state index contributed by atoms with van der Waals surface area (Å²) >= 11 is 0. The Kier molecular flexibility index (Phi) is 5.72. The third-order valence-electron chi connectivity index (χ3n) is 3.39. The van der Waals surface area contributed by atoms with E-state index in [4.69, 9.17) is 19.3 Å². The van der Waals surface area contributed by atoms with E-state index in [1.165, 1.54) is 13.2 Å². The first-order chi connectivity index (χ1) is 10.1. The topological polar surface area (TPSA) is 65.0 Å². The van der Waals surface area contributed by atoms with Gasteiger partial charge in [-0.15, -0.1) is 0 Å². The molecule has 5 nitrogen and oxygen atoms in total. The molecule has 0 bridgehead atoms. The molecular formula is C16H22O5. The number of aliphatic carboxylic acids is 1. The number of ether oxygens (including phenoxy) is 3. The molecule has 1 N–H and O–H groups in total. The molecule has 0 spiro atoms. The maximum Gasteiger partial charge on any atom is 0.334 e. The van der Waals surface area contributed by atoms with Gasteiger partial charge < -0.3 is 19.3 Å². The van der Waals surface area contributed by atoms with Crippen molar-refractivity contribution in [3.05, 3.63) is 35.5 Å². The van der Waals surface area contributed by atoms with Crippen molar-refractivity contribution in [2.75, 3.05) is 6.61 Å². The fourth-order valence-electron chi connectivity index (χ4n) is 2.23. The zero-order valence-corrected chi connectivity index (χ0v) is 12.3. The second kappa shape index (κ2) is 7.76. The molecule has 0 amide bonds. The Balaban J connectivity index is 1.87. The highest BCUT2D eigenvalue weighted by molar-refractivity contribution is 5.85. The summed E-state index contributed by atoms with van der Waals surface area (Å²) in [7, 11) is 0. The highest BCUT2D eigenvalue weighted by Gasteiger charge is 2.19. The predicted octanol–water partition coefficient (Wildman–Crippen LogP) is 3.49. The molecule has 0 saturated heterocycles. The largest absolute Gasteiger partial charge is 0.493 e. The summed E-state index contributed by atoms with van der Waals surface area (Å²) in [6, 6.07) is 0. The van der Waals surface area contributed by atoms with Gasteiger partial charge in [-0.25, -0.2) is 4.79 Å². The number of rotatable bonds is 8. The monoisotopic (exact) mass is 294 g/mol. The van der Waals surface area contributed by atoms with Crippen LogP contribution in [0.4, 0.5) is 0 Å². The van der Waals surface area contributed by atoms with E-state index in [2.05, 4.69) is 12.2 Å². The van der Waals surface area contributed by atoms with Gasteiger partial charge >= 0.3 is 5.97 Å². The van der Waals surface area contributed by atoms with Gasteiger partial charge in [-0.3, -0.25) is 0 Å². The third kappa shape index (κ3) is 5.17. The van der Waals surface area contributed by atoms with Gasteiger partial charge in [-0.2, -0.15) is 0 Å².